The highest BCUT2D eigenvalue weighted by atomic mass is 16.3. The molecule has 0 aliphatic carbocycles. The Balaban J connectivity index is 3.97. The Kier molecular flexibility index (Phi) is 8.72. The summed E-state index contributed by atoms with van der Waals surface area (Å²) in [6, 6.07) is 0. The van der Waals surface area contributed by atoms with E-state index in [1.165, 1.54) is 0 Å². The number of aliphatic hydroxyl groups excluding tert-OH is 2. The first-order valence-corrected chi connectivity index (χ1v) is 5.53. The zero-order valence-electron chi connectivity index (χ0n) is 9.29. The van der Waals surface area contributed by atoms with Crippen LogP contribution in [0.3, 0.4) is 0 Å². The van der Waals surface area contributed by atoms with Gasteiger partial charge >= 0.3 is 0 Å². The van der Waals surface area contributed by atoms with Gasteiger partial charge in [0.25, 0.3) is 0 Å². The molecule has 0 aliphatic heterocycles. The maximum absolute atomic E-state index is 9.45. The number of hydrogen-bond donors (Lipinski definition) is 2. The molecule has 0 bridgehead atoms. The van der Waals surface area contributed by atoms with Crippen molar-refractivity contribution in [2.24, 2.45) is 5.92 Å². The molecule has 0 aliphatic rings. The van der Waals surface area contributed by atoms with Crippen LogP contribution in [0.1, 0.15) is 46.0 Å². The minimum Gasteiger partial charge on any atom is -0.394 e. The van der Waals surface area contributed by atoms with Crippen molar-refractivity contribution in [3.05, 3.63) is 0 Å². The second-order valence-corrected chi connectivity index (χ2v) is 3.57. The molecule has 2 heteroatoms. The lowest BCUT2D eigenvalue weighted by Gasteiger charge is -2.14. The summed E-state index contributed by atoms with van der Waals surface area (Å²) < 4.78 is 0. The van der Waals surface area contributed by atoms with Gasteiger partial charge in [-0.3, -0.25) is 0 Å². The fraction of sp³-hybridized carbons (Fsp3) is 0.833. The first kappa shape index (κ1) is 13.5. The molecule has 0 amide bonds. The Morgan fingerprint density at radius 1 is 1.21 bits per heavy atom. The van der Waals surface area contributed by atoms with Crippen LogP contribution in [0.25, 0.3) is 0 Å². The van der Waals surface area contributed by atoms with E-state index in [1.807, 2.05) is 0 Å². The van der Waals surface area contributed by atoms with Gasteiger partial charge < -0.3 is 10.2 Å². The summed E-state index contributed by atoms with van der Waals surface area (Å²) in [6.45, 7) is 4.01. The van der Waals surface area contributed by atoms with Crippen molar-refractivity contribution in [2.75, 3.05) is 6.61 Å². The molecule has 0 fully saturated rings. The fourth-order valence-electron chi connectivity index (χ4n) is 1.27. The average molecular weight is 198 g/mol. The molecule has 14 heavy (non-hydrogen) atoms. The van der Waals surface area contributed by atoms with E-state index in [0.29, 0.717) is 0 Å². The lowest BCUT2D eigenvalue weighted by Crippen LogP contribution is -2.22. The van der Waals surface area contributed by atoms with Gasteiger partial charge in [0.2, 0.25) is 0 Å². The van der Waals surface area contributed by atoms with Gasteiger partial charge in [0.1, 0.15) is 0 Å². The summed E-state index contributed by atoms with van der Waals surface area (Å²) >= 11 is 0. The Morgan fingerprint density at radius 2 is 1.93 bits per heavy atom. The van der Waals surface area contributed by atoms with E-state index in [2.05, 4.69) is 25.7 Å². The minimum atomic E-state index is -0.677. The van der Waals surface area contributed by atoms with Gasteiger partial charge in [0.05, 0.1) is 12.7 Å². The molecule has 0 saturated carbocycles. The van der Waals surface area contributed by atoms with Gasteiger partial charge in [-0.1, -0.05) is 32.6 Å². The van der Waals surface area contributed by atoms with Crippen LogP contribution in [-0.2, 0) is 0 Å². The van der Waals surface area contributed by atoms with E-state index in [0.717, 1.165) is 32.1 Å². The van der Waals surface area contributed by atoms with Gasteiger partial charge in [0.15, 0.2) is 0 Å². The molecule has 2 N–H and O–H groups in total. The van der Waals surface area contributed by atoms with Gasteiger partial charge in [-0.15, -0.1) is 5.92 Å². The third-order valence-corrected chi connectivity index (χ3v) is 2.19. The first-order valence-electron chi connectivity index (χ1n) is 5.53. The quantitative estimate of drug-likeness (QED) is 0.506. The Morgan fingerprint density at radius 3 is 2.43 bits per heavy atom. The number of unbranched alkanes of at least 4 members (excludes halogenated alkanes) is 2. The molecule has 0 rings (SSSR count). The second kappa shape index (κ2) is 9.05. The van der Waals surface area contributed by atoms with Crippen LogP contribution in [0.5, 0.6) is 0 Å². The summed E-state index contributed by atoms with van der Waals surface area (Å²) in [6.07, 6.45) is 4.33. The van der Waals surface area contributed by atoms with Crippen molar-refractivity contribution in [3.63, 3.8) is 0 Å². The summed E-state index contributed by atoms with van der Waals surface area (Å²) in [7, 11) is 0. The van der Waals surface area contributed by atoms with Crippen molar-refractivity contribution in [1.29, 1.82) is 0 Å². The summed E-state index contributed by atoms with van der Waals surface area (Å²) in [5.41, 5.74) is 0. The molecule has 82 valence electrons. The largest absolute Gasteiger partial charge is 0.394 e. The molecule has 0 radical (unpaired) electrons. The molecular weight excluding hydrogens is 176 g/mol. The maximum Gasteiger partial charge on any atom is 0.0907 e. The van der Waals surface area contributed by atoms with E-state index in [-0.39, 0.29) is 12.5 Å². The lowest BCUT2D eigenvalue weighted by atomic mass is 9.98. The predicted octanol–water partition coefficient (Wildman–Crippen LogP) is 1.95. The summed E-state index contributed by atoms with van der Waals surface area (Å²) in [4.78, 5) is 0. The molecule has 0 unspecified atom stereocenters. The van der Waals surface area contributed by atoms with Crippen LogP contribution in [0.15, 0.2) is 0 Å². The van der Waals surface area contributed by atoms with E-state index >= 15 is 0 Å². The number of aliphatic hydroxyl groups is 2. The summed E-state index contributed by atoms with van der Waals surface area (Å²) in [5, 5.41) is 18.3. The Labute approximate surface area is 87.3 Å². The number of rotatable bonds is 6. The van der Waals surface area contributed by atoms with Crippen LogP contribution in [-0.4, -0.2) is 22.9 Å². The predicted molar refractivity (Wildman–Crippen MR) is 58.8 cm³/mol. The van der Waals surface area contributed by atoms with E-state index in [1.54, 1.807) is 0 Å². The van der Waals surface area contributed by atoms with Crippen molar-refractivity contribution in [2.45, 2.75) is 52.1 Å². The molecule has 0 heterocycles. The maximum atomic E-state index is 9.45. The molecule has 0 spiro atoms. The highest BCUT2D eigenvalue weighted by Gasteiger charge is 2.14. The molecule has 2 nitrogen and oxygen atoms in total. The smallest absolute Gasteiger partial charge is 0.0907 e. The van der Waals surface area contributed by atoms with Crippen molar-refractivity contribution >= 4 is 0 Å². The van der Waals surface area contributed by atoms with E-state index in [9.17, 15) is 5.11 Å². The fourth-order valence-corrected chi connectivity index (χ4v) is 1.27. The molecule has 2 atom stereocenters. The van der Waals surface area contributed by atoms with Crippen LogP contribution >= 0.6 is 0 Å². The van der Waals surface area contributed by atoms with Gasteiger partial charge in [-0.2, -0.15) is 0 Å². The topological polar surface area (TPSA) is 40.5 Å². The Bertz CT molecular complexity index is 178. The third kappa shape index (κ3) is 6.01. The Hall–Kier alpha value is -0.520. The molecular formula is C12H22O2. The SMILES string of the molecule is CCCCC#C[C@@H](CCC)[C@H](O)CO. The monoisotopic (exact) mass is 198 g/mol. The zero-order valence-corrected chi connectivity index (χ0v) is 9.29. The number of hydrogen-bond acceptors (Lipinski definition) is 2. The molecule has 0 aromatic heterocycles. The molecule has 0 aromatic rings. The third-order valence-electron chi connectivity index (χ3n) is 2.19. The average Bonchev–Trinajstić information content (AvgIpc) is 2.21. The highest BCUT2D eigenvalue weighted by molar-refractivity contribution is 5.05. The van der Waals surface area contributed by atoms with Crippen molar-refractivity contribution in [1.82, 2.24) is 0 Å². The van der Waals surface area contributed by atoms with Crippen LogP contribution in [0, 0.1) is 17.8 Å². The first-order chi connectivity index (χ1) is 6.76. The van der Waals surface area contributed by atoms with Crippen LogP contribution in [0.4, 0.5) is 0 Å². The molecule has 0 saturated heterocycles. The minimum absolute atomic E-state index is 0.0538. The van der Waals surface area contributed by atoms with E-state index < -0.39 is 6.10 Å². The van der Waals surface area contributed by atoms with Gasteiger partial charge in [-0.25, -0.2) is 0 Å². The normalized spacial score (nSPS) is 14.3. The van der Waals surface area contributed by atoms with E-state index in [4.69, 9.17) is 5.11 Å². The zero-order chi connectivity index (χ0) is 10.8. The lowest BCUT2D eigenvalue weighted by molar-refractivity contribution is 0.0630. The second-order valence-electron chi connectivity index (χ2n) is 3.57. The molecule has 0 aromatic carbocycles. The summed E-state index contributed by atoms with van der Waals surface area (Å²) in [5.74, 6) is 6.06. The van der Waals surface area contributed by atoms with Crippen molar-refractivity contribution < 1.29 is 10.2 Å². The van der Waals surface area contributed by atoms with Crippen LogP contribution in [0.2, 0.25) is 0 Å². The highest BCUT2D eigenvalue weighted by Crippen LogP contribution is 2.10. The van der Waals surface area contributed by atoms with Gasteiger partial charge in [0, 0.05) is 12.3 Å². The standard InChI is InChI=1S/C12H22O2/c1-3-5-6-7-9-11(8-4-2)12(14)10-13/h11-14H,3-6,8,10H2,1-2H3/t11-,12-/m1/s1. The van der Waals surface area contributed by atoms with Crippen molar-refractivity contribution in [3.8, 4) is 11.8 Å². The van der Waals surface area contributed by atoms with Gasteiger partial charge in [-0.05, 0) is 12.8 Å². The van der Waals surface area contributed by atoms with Crippen LogP contribution < -0.4 is 0 Å².